The van der Waals surface area contributed by atoms with Crippen molar-refractivity contribution < 1.29 is 23.8 Å². The molecule has 0 heterocycles. The standard InChI is InChI=1S/C19H19ClN2O5/c1-25-14-7-4-12(17(11-14)27-3)5-9-18(23)21-22-19(24)15-10-13(20)6-8-16(15)26-2/h4-11H,1-3H3,(H,21,23)(H,22,24)/b9-5+. The van der Waals surface area contributed by atoms with E-state index in [-0.39, 0.29) is 5.56 Å². The normalized spacial score (nSPS) is 10.4. The largest absolute Gasteiger partial charge is 0.497 e. The van der Waals surface area contributed by atoms with E-state index in [0.29, 0.717) is 27.8 Å². The van der Waals surface area contributed by atoms with Gasteiger partial charge in [0, 0.05) is 22.7 Å². The molecular formula is C19H19ClN2O5. The van der Waals surface area contributed by atoms with Crippen molar-refractivity contribution in [3.05, 3.63) is 58.6 Å². The molecule has 2 amide bonds. The van der Waals surface area contributed by atoms with Gasteiger partial charge in [-0.25, -0.2) is 0 Å². The smallest absolute Gasteiger partial charge is 0.273 e. The Morgan fingerprint density at radius 2 is 1.67 bits per heavy atom. The summed E-state index contributed by atoms with van der Waals surface area (Å²) in [6.45, 7) is 0. The molecule has 0 aliphatic carbocycles. The van der Waals surface area contributed by atoms with Crippen molar-refractivity contribution in [2.75, 3.05) is 21.3 Å². The van der Waals surface area contributed by atoms with Crippen molar-refractivity contribution in [3.63, 3.8) is 0 Å². The summed E-state index contributed by atoms with van der Waals surface area (Å²) in [5.41, 5.74) is 5.47. The van der Waals surface area contributed by atoms with Gasteiger partial charge in [0.2, 0.25) is 0 Å². The molecule has 0 radical (unpaired) electrons. The van der Waals surface area contributed by atoms with Crippen LogP contribution < -0.4 is 25.1 Å². The summed E-state index contributed by atoms with van der Waals surface area (Å²) in [6, 6.07) is 9.80. The molecule has 27 heavy (non-hydrogen) atoms. The first-order valence-electron chi connectivity index (χ1n) is 7.82. The van der Waals surface area contributed by atoms with Gasteiger partial charge in [-0.3, -0.25) is 20.4 Å². The van der Waals surface area contributed by atoms with Gasteiger partial charge in [0.05, 0.1) is 26.9 Å². The van der Waals surface area contributed by atoms with E-state index < -0.39 is 11.8 Å². The molecule has 8 heteroatoms. The lowest BCUT2D eigenvalue weighted by Gasteiger charge is -2.10. The average Bonchev–Trinajstić information content (AvgIpc) is 2.70. The van der Waals surface area contributed by atoms with Crippen molar-refractivity contribution in [1.82, 2.24) is 10.9 Å². The predicted molar refractivity (Wildman–Crippen MR) is 102 cm³/mol. The second-order valence-corrected chi connectivity index (χ2v) is 5.67. The van der Waals surface area contributed by atoms with E-state index in [1.807, 2.05) is 0 Å². The number of carbonyl (C=O) groups excluding carboxylic acids is 2. The number of ether oxygens (including phenoxy) is 3. The molecule has 0 fully saturated rings. The number of benzene rings is 2. The molecule has 0 aliphatic rings. The van der Waals surface area contributed by atoms with Crippen molar-refractivity contribution in [2.45, 2.75) is 0 Å². The highest BCUT2D eigenvalue weighted by molar-refractivity contribution is 6.31. The number of methoxy groups -OCH3 is 3. The molecule has 2 N–H and O–H groups in total. The SMILES string of the molecule is COc1ccc(/C=C/C(=O)NNC(=O)c2cc(Cl)ccc2OC)c(OC)c1. The number of amides is 2. The van der Waals surface area contributed by atoms with Crippen LogP contribution in [0.25, 0.3) is 6.08 Å². The van der Waals surface area contributed by atoms with E-state index >= 15 is 0 Å². The zero-order chi connectivity index (χ0) is 19.8. The van der Waals surface area contributed by atoms with Gasteiger partial charge >= 0.3 is 0 Å². The lowest BCUT2D eigenvalue weighted by molar-refractivity contribution is -0.117. The predicted octanol–water partition coefficient (Wildman–Crippen LogP) is 2.84. The van der Waals surface area contributed by atoms with Crippen LogP contribution in [-0.4, -0.2) is 33.1 Å². The van der Waals surface area contributed by atoms with Crippen LogP contribution in [-0.2, 0) is 4.79 Å². The van der Waals surface area contributed by atoms with Crippen molar-refractivity contribution >= 4 is 29.5 Å². The summed E-state index contributed by atoms with van der Waals surface area (Å²) in [5.74, 6) is 0.437. The maximum absolute atomic E-state index is 12.2. The first-order valence-corrected chi connectivity index (χ1v) is 8.20. The van der Waals surface area contributed by atoms with Gasteiger partial charge < -0.3 is 14.2 Å². The fourth-order valence-electron chi connectivity index (χ4n) is 2.21. The maximum Gasteiger partial charge on any atom is 0.273 e. The van der Waals surface area contributed by atoms with Gasteiger partial charge in [-0.2, -0.15) is 0 Å². The first-order chi connectivity index (χ1) is 13.0. The van der Waals surface area contributed by atoms with E-state index in [4.69, 9.17) is 25.8 Å². The van der Waals surface area contributed by atoms with Crippen LogP contribution in [0.4, 0.5) is 0 Å². The third-order valence-electron chi connectivity index (χ3n) is 3.56. The van der Waals surface area contributed by atoms with Crippen LogP contribution in [0, 0.1) is 0 Å². The average molecular weight is 391 g/mol. The van der Waals surface area contributed by atoms with Gasteiger partial charge in [0.1, 0.15) is 17.2 Å². The molecule has 0 saturated carbocycles. The molecule has 0 saturated heterocycles. The highest BCUT2D eigenvalue weighted by Gasteiger charge is 2.13. The highest BCUT2D eigenvalue weighted by atomic mass is 35.5. The number of halogens is 1. The minimum Gasteiger partial charge on any atom is -0.497 e. The molecule has 2 rings (SSSR count). The van der Waals surface area contributed by atoms with Gasteiger partial charge in [-0.05, 0) is 36.4 Å². The third-order valence-corrected chi connectivity index (χ3v) is 3.80. The Morgan fingerprint density at radius 1 is 0.926 bits per heavy atom. The Balaban J connectivity index is 2.01. The second-order valence-electron chi connectivity index (χ2n) is 5.23. The van der Waals surface area contributed by atoms with Gasteiger partial charge in [0.25, 0.3) is 11.8 Å². The lowest BCUT2D eigenvalue weighted by atomic mass is 10.1. The third kappa shape index (κ3) is 5.39. The number of hydrogen-bond donors (Lipinski definition) is 2. The molecule has 0 bridgehead atoms. The minimum atomic E-state index is -0.557. The molecule has 0 spiro atoms. The van der Waals surface area contributed by atoms with Crippen LogP contribution in [0.5, 0.6) is 17.2 Å². The second kappa shape index (κ2) is 9.49. The molecule has 0 unspecified atom stereocenters. The fourth-order valence-corrected chi connectivity index (χ4v) is 2.38. The topological polar surface area (TPSA) is 85.9 Å². The van der Waals surface area contributed by atoms with E-state index in [1.165, 1.54) is 26.4 Å². The summed E-state index contributed by atoms with van der Waals surface area (Å²) in [4.78, 5) is 24.2. The quantitative estimate of drug-likeness (QED) is 0.585. The Hall–Kier alpha value is -3.19. The van der Waals surface area contributed by atoms with Crippen LogP contribution in [0.3, 0.4) is 0 Å². The Bertz CT molecular complexity index is 867. The number of hydrogen-bond acceptors (Lipinski definition) is 5. The Morgan fingerprint density at radius 3 is 2.33 bits per heavy atom. The van der Waals surface area contributed by atoms with Gasteiger partial charge in [-0.15, -0.1) is 0 Å². The zero-order valence-electron chi connectivity index (χ0n) is 15.0. The van der Waals surface area contributed by atoms with Crippen molar-refractivity contribution in [2.24, 2.45) is 0 Å². The van der Waals surface area contributed by atoms with Crippen molar-refractivity contribution in [3.8, 4) is 17.2 Å². The van der Waals surface area contributed by atoms with Crippen LogP contribution >= 0.6 is 11.6 Å². The highest BCUT2D eigenvalue weighted by Crippen LogP contribution is 2.25. The summed E-state index contributed by atoms with van der Waals surface area (Å²) in [6.07, 6.45) is 2.82. The zero-order valence-corrected chi connectivity index (χ0v) is 15.8. The maximum atomic E-state index is 12.2. The molecule has 142 valence electrons. The van der Waals surface area contributed by atoms with E-state index in [1.54, 1.807) is 43.5 Å². The van der Waals surface area contributed by atoms with Crippen LogP contribution in [0.15, 0.2) is 42.5 Å². The molecular weight excluding hydrogens is 372 g/mol. The van der Waals surface area contributed by atoms with E-state index in [0.717, 1.165) is 0 Å². The molecule has 0 aliphatic heterocycles. The number of hydrazine groups is 1. The minimum absolute atomic E-state index is 0.200. The fraction of sp³-hybridized carbons (Fsp3) is 0.158. The summed E-state index contributed by atoms with van der Waals surface area (Å²) >= 11 is 5.89. The summed E-state index contributed by atoms with van der Waals surface area (Å²) in [7, 11) is 4.50. The van der Waals surface area contributed by atoms with Crippen LogP contribution in [0.2, 0.25) is 5.02 Å². The Labute approximate surface area is 161 Å². The van der Waals surface area contributed by atoms with E-state index in [2.05, 4.69) is 10.9 Å². The van der Waals surface area contributed by atoms with Crippen LogP contribution in [0.1, 0.15) is 15.9 Å². The number of carbonyl (C=O) groups is 2. The molecule has 2 aromatic carbocycles. The molecule has 7 nitrogen and oxygen atoms in total. The molecule has 0 aromatic heterocycles. The monoisotopic (exact) mass is 390 g/mol. The van der Waals surface area contributed by atoms with E-state index in [9.17, 15) is 9.59 Å². The summed E-state index contributed by atoms with van der Waals surface area (Å²) < 4.78 is 15.5. The van der Waals surface area contributed by atoms with Crippen molar-refractivity contribution in [1.29, 1.82) is 0 Å². The number of nitrogens with one attached hydrogen (secondary N) is 2. The first kappa shape index (κ1) is 20.1. The van der Waals surface area contributed by atoms with Gasteiger partial charge in [-0.1, -0.05) is 11.6 Å². The van der Waals surface area contributed by atoms with Gasteiger partial charge in [0.15, 0.2) is 0 Å². The summed E-state index contributed by atoms with van der Waals surface area (Å²) in [5, 5.41) is 0.374. The number of rotatable bonds is 6. The molecule has 0 atom stereocenters. The Kier molecular flexibility index (Phi) is 7.08. The molecule has 2 aromatic rings. The lowest BCUT2D eigenvalue weighted by Crippen LogP contribution is -2.40.